The van der Waals surface area contributed by atoms with Gasteiger partial charge in [0.05, 0.1) is 6.10 Å². The first-order valence-electron chi connectivity index (χ1n) is 5.95. The third kappa shape index (κ3) is 6.60. The molecule has 0 saturated carbocycles. The minimum absolute atomic E-state index is 0.0935. The van der Waals surface area contributed by atoms with Crippen molar-refractivity contribution in [3.8, 4) is 0 Å². The second-order valence-electron chi connectivity index (χ2n) is 4.34. The van der Waals surface area contributed by atoms with E-state index in [9.17, 15) is 9.59 Å². The zero-order valence-electron chi connectivity index (χ0n) is 10.6. The van der Waals surface area contributed by atoms with Gasteiger partial charge in [0.1, 0.15) is 24.4 Å². The number of rotatable bonds is 5. The van der Waals surface area contributed by atoms with Crippen LogP contribution in [0.5, 0.6) is 0 Å². The summed E-state index contributed by atoms with van der Waals surface area (Å²) in [6.45, 7) is 2.10. The molecule has 1 unspecified atom stereocenters. The van der Waals surface area contributed by atoms with E-state index in [1.54, 1.807) is 0 Å². The fourth-order valence-corrected chi connectivity index (χ4v) is 1.46. The molecule has 112 valence electrons. The molecular weight excluding hydrogens is 258 g/mol. The summed E-state index contributed by atoms with van der Waals surface area (Å²) in [7, 11) is 0. The lowest BCUT2D eigenvalue weighted by Gasteiger charge is -2.21. The fourth-order valence-electron chi connectivity index (χ4n) is 1.46. The number of carboxylic acid groups (broad SMARTS) is 1. The van der Waals surface area contributed by atoms with Crippen LogP contribution >= 0.6 is 0 Å². The van der Waals surface area contributed by atoms with Crippen LogP contribution in [0.1, 0.15) is 19.8 Å². The van der Waals surface area contributed by atoms with Crippen molar-refractivity contribution >= 4 is 12.3 Å². The number of carbonyl (C=O) groups excluding carboxylic acids is 1. The second-order valence-corrected chi connectivity index (χ2v) is 4.34. The van der Waals surface area contributed by atoms with Gasteiger partial charge in [-0.25, -0.2) is 0 Å². The average Bonchev–Trinajstić information content (AvgIpc) is 2.90. The lowest BCUT2D eigenvalue weighted by atomic mass is 10.1. The molecule has 8 nitrogen and oxygen atoms in total. The summed E-state index contributed by atoms with van der Waals surface area (Å²) in [5.41, 5.74) is 0. The molecule has 0 spiro atoms. The van der Waals surface area contributed by atoms with E-state index >= 15 is 0 Å². The quantitative estimate of drug-likeness (QED) is 0.302. The van der Waals surface area contributed by atoms with Crippen LogP contribution in [0.4, 0.5) is 0 Å². The van der Waals surface area contributed by atoms with Gasteiger partial charge >= 0.3 is 5.97 Å². The molecule has 19 heavy (non-hydrogen) atoms. The van der Waals surface area contributed by atoms with E-state index < -0.39 is 30.4 Å². The van der Waals surface area contributed by atoms with E-state index in [1.807, 2.05) is 0 Å². The summed E-state index contributed by atoms with van der Waals surface area (Å²) in [5, 5.41) is 46.3. The van der Waals surface area contributed by atoms with Crippen LogP contribution in [-0.4, -0.2) is 74.8 Å². The molecule has 1 rings (SSSR count). The van der Waals surface area contributed by atoms with E-state index in [4.69, 9.17) is 25.5 Å². The van der Waals surface area contributed by atoms with Crippen LogP contribution in [0.2, 0.25) is 0 Å². The number of carboxylic acids is 1. The molecule has 1 aliphatic heterocycles. The summed E-state index contributed by atoms with van der Waals surface area (Å²) in [4.78, 5) is 20.0. The standard InChI is InChI=1S/C6H12O5.C5H9NO2/c1-3(8)5(10)6(11)4(9)2-7;7-5(8)4-2-1-3-6-4/h2-6,8-11H,1H3;4,6H,1-3H2,(H,7,8)/t3-,4-,5-,6-;/m0./s1. The molecule has 0 aromatic rings. The maximum absolute atomic E-state index is 10.1. The van der Waals surface area contributed by atoms with Crippen LogP contribution in [0.3, 0.4) is 0 Å². The predicted octanol–water partition coefficient (Wildman–Crippen LogP) is -2.53. The van der Waals surface area contributed by atoms with Crippen molar-refractivity contribution in [2.75, 3.05) is 6.54 Å². The number of aliphatic hydroxyl groups is 4. The maximum Gasteiger partial charge on any atom is 0.320 e. The average molecular weight is 279 g/mol. The smallest absolute Gasteiger partial charge is 0.320 e. The molecule has 0 aromatic heterocycles. The topological polar surface area (TPSA) is 147 Å². The highest BCUT2D eigenvalue weighted by atomic mass is 16.4. The summed E-state index contributed by atoms with van der Waals surface area (Å²) < 4.78 is 0. The van der Waals surface area contributed by atoms with E-state index in [-0.39, 0.29) is 12.3 Å². The monoisotopic (exact) mass is 279 g/mol. The molecule has 0 aromatic carbocycles. The van der Waals surface area contributed by atoms with Crippen LogP contribution in [0, 0.1) is 0 Å². The van der Waals surface area contributed by atoms with Crippen molar-refractivity contribution in [2.45, 2.75) is 50.2 Å². The van der Waals surface area contributed by atoms with Crippen LogP contribution < -0.4 is 5.32 Å². The fraction of sp³-hybridized carbons (Fsp3) is 0.818. The lowest BCUT2D eigenvalue weighted by molar-refractivity contribution is -0.139. The van der Waals surface area contributed by atoms with Gasteiger partial charge in [0, 0.05) is 0 Å². The highest BCUT2D eigenvalue weighted by Crippen LogP contribution is 2.03. The molecule has 0 aliphatic carbocycles. The molecule has 8 heteroatoms. The highest BCUT2D eigenvalue weighted by Gasteiger charge is 2.27. The van der Waals surface area contributed by atoms with E-state index in [0.717, 1.165) is 19.4 Å². The lowest BCUT2D eigenvalue weighted by Crippen LogP contribution is -2.43. The number of hydrogen-bond acceptors (Lipinski definition) is 7. The Morgan fingerprint density at radius 3 is 2.11 bits per heavy atom. The summed E-state index contributed by atoms with van der Waals surface area (Å²) in [5.74, 6) is -0.720. The number of aliphatic hydroxyl groups excluding tert-OH is 4. The minimum Gasteiger partial charge on any atom is -0.480 e. The Balaban J connectivity index is 0.000000356. The predicted molar refractivity (Wildman–Crippen MR) is 64.4 cm³/mol. The number of hydrogen-bond donors (Lipinski definition) is 6. The normalized spacial score (nSPS) is 24.6. The first-order valence-corrected chi connectivity index (χ1v) is 5.95. The van der Waals surface area contributed by atoms with Crippen molar-refractivity contribution in [1.29, 1.82) is 0 Å². The molecule has 1 fully saturated rings. The van der Waals surface area contributed by atoms with Crippen molar-refractivity contribution in [1.82, 2.24) is 5.32 Å². The van der Waals surface area contributed by atoms with Crippen LogP contribution in [-0.2, 0) is 9.59 Å². The maximum atomic E-state index is 10.1. The molecule has 0 amide bonds. The van der Waals surface area contributed by atoms with Gasteiger partial charge < -0.3 is 35.6 Å². The van der Waals surface area contributed by atoms with Crippen molar-refractivity contribution < 1.29 is 35.1 Å². The van der Waals surface area contributed by atoms with Gasteiger partial charge in [-0.15, -0.1) is 0 Å². The van der Waals surface area contributed by atoms with Gasteiger partial charge in [0.15, 0.2) is 6.29 Å². The summed E-state index contributed by atoms with van der Waals surface area (Å²) >= 11 is 0. The third-order valence-corrected chi connectivity index (χ3v) is 2.69. The van der Waals surface area contributed by atoms with Gasteiger partial charge in [0.2, 0.25) is 0 Å². The Hall–Kier alpha value is -1.06. The molecule has 0 bridgehead atoms. The molecule has 6 N–H and O–H groups in total. The number of aliphatic carboxylic acids is 1. The SMILES string of the molecule is C[C@H](O)[C@H](O)[C@@H](O)[C@@H](O)C=O.O=C(O)C1CCCN1. The molecular formula is C11H21NO7. The number of aldehydes is 1. The Morgan fingerprint density at radius 1 is 1.26 bits per heavy atom. The Bertz CT molecular complexity index is 278. The molecule has 0 radical (unpaired) electrons. The largest absolute Gasteiger partial charge is 0.480 e. The van der Waals surface area contributed by atoms with E-state index in [2.05, 4.69) is 5.32 Å². The van der Waals surface area contributed by atoms with Crippen LogP contribution in [0.25, 0.3) is 0 Å². The Kier molecular flexibility index (Phi) is 8.44. The first kappa shape index (κ1) is 17.9. The van der Waals surface area contributed by atoms with E-state index in [0.29, 0.717) is 0 Å². The zero-order chi connectivity index (χ0) is 15.0. The van der Waals surface area contributed by atoms with Gasteiger partial charge in [-0.1, -0.05) is 0 Å². The van der Waals surface area contributed by atoms with Gasteiger partial charge in [-0.05, 0) is 26.3 Å². The summed E-state index contributed by atoms with van der Waals surface area (Å²) in [6.07, 6.45) is -4.09. The second kappa shape index (κ2) is 8.94. The van der Waals surface area contributed by atoms with Crippen molar-refractivity contribution in [3.63, 3.8) is 0 Å². The molecule has 5 atom stereocenters. The van der Waals surface area contributed by atoms with Crippen molar-refractivity contribution in [3.05, 3.63) is 0 Å². The molecule has 1 saturated heterocycles. The number of nitrogens with one attached hydrogen (secondary N) is 1. The van der Waals surface area contributed by atoms with Crippen molar-refractivity contribution in [2.24, 2.45) is 0 Å². The van der Waals surface area contributed by atoms with Gasteiger partial charge in [0.25, 0.3) is 0 Å². The Morgan fingerprint density at radius 2 is 1.84 bits per heavy atom. The third-order valence-electron chi connectivity index (χ3n) is 2.69. The summed E-state index contributed by atoms with van der Waals surface area (Å²) in [6, 6.07) is -0.269. The van der Waals surface area contributed by atoms with Crippen LogP contribution in [0.15, 0.2) is 0 Å². The molecule has 1 aliphatic rings. The first-order chi connectivity index (χ1) is 8.81. The molecule has 1 heterocycles. The van der Waals surface area contributed by atoms with Gasteiger partial charge in [-0.2, -0.15) is 0 Å². The number of carbonyl (C=O) groups is 2. The van der Waals surface area contributed by atoms with Gasteiger partial charge in [-0.3, -0.25) is 4.79 Å². The highest BCUT2D eigenvalue weighted by molar-refractivity contribution is 5.73. The minimum atomic E-state index is -1.65. The Labute approximate surface area is 110 Å². The zero-order valence-corrected chi connectivity index (χ0v) is 10.6. The van der Waals surface area contributed by atoms with E-state index in [1.165, 1.54) is 6.92 Å².